The molecule has 6 heteroatoms. The zero-order valence-corrected chi connectivity index (χ0v) is 10.4. The van der Waals surface area contributed by atoms with E-state index in [2.05, 4.69) is 15.2 Å². The number of anilines is 1. The predicted molar refractivity (Wildman–Crippen MR) is 72.7 cm³/mol. The van der Waals surface area contributed by atoms with Crippen LogP contribution in [0.3, 0.4) is 0 Å². The van der Waals surface area contributed by atoms with Crippen LogP contribution in [0.5, 0.6) is 11.6 Å². The van der Waals surface area contributed by atoms with Gasteiger partial charge in [-0.25, -0.2) is 9.37 Å². The Labute approximate surface area is 114 Å². The number of nitrogens with zero attached hydrogens (tertiary/aromatic N) is 2. The van der Waals surface area contributed by atoms with E-state index in [1.807, 2.05) is 0 Å². The Kier molecular flexibility index (Phi) is 3.04. The van der Waals surface area contributed by atoms with E-state index in [-0.39, 0.29) is 5.75 Å². The fourth-order valence-electron chi connectivity index (χ4n) is 1.75. The molecule has 5 nitrogen and oxygen atoms in total. The van der Waals surface area contributed by atoms with Crippen LogP contribution >= 0.6 is 0 Å². The van der Waals surface area contributed by atoms with Crippen LogP contribution in [0.15, 0.2) is 48.8 Å². The van der Waals surface area contributed by atoms with Gasteiger partial charge in [0.1, 0.15) is 5.69 Å². The Morgan fingerprint density at radius 1 is 1.15 bits per heavy atom. The van der Waals surface area contributed by atoms with E-state index in [1.54, 1.807) is 36.7 Å². The smallest absolute Gasteiger partial charge is 0.219 e. The monoisotopic (exact) mass is 270 g/mol. The van der Waals surface area contributed by atoms with Crippen molar-refractivity contribution in [3.63, 3.8) is 0 Å². The third-order valence-electron chi connectivity index (χ3n) is 2.73. The van der Waals surface area contributed by atoms with E-state index in [0.29, 0.717) is 17.3 Å². The molecule has 0 aliphatic heterocycles. The predicted octanol–water partition coefficient (Wildman–Crippen LogP) is 2.99. The van der Waals surface area contributed by atoms with Crippen molar-refractivity contribution in [3.05, 3.63) is 54.6 Å². The number of hydrogen-bond acceptors (Lipinski definition) is 4. The van der Waals surface area contributed by atoms with Crippen molar-refractivity contribution in [1.82, 2.24) is 15.2 Å². The van der Waals surface area contributed by atoms with E-state index in [0.717, 1.165) is 5.56 Å². The van der Waals surface area contributed by atoms with Crippen molar-refractivity contribution in [3.8, 4) is 22.9 Å². The minimum atomic E-state index is -0.435. The summed E-state index contributed by atoms with van der Waals surface area (Å²) in [5.74, 6) is -0.00471. The molecule has 2 aromatic heterocycles. The van der Waals surface area contributed by atoms with E-state index in [1.165, 1.54) is 12.1 Å². The Morgan fingerprint density at radius 3 is 2.65 bits per heavy atom. The highest BCUT2D eigenvalue weighted by Gasteiger charge is 2.08. The summed E-state index contributed by atoms with van der Waals surface area (Å²) in [6.07, 6.45) is 3.17. The number of halogens is 1. The lowest BCUT2D eigenvalue weighted by Gasteiger charge is -2.06. The van der Waals surface area contributed by atoms with Gasteiger partial charge in [-0.15, -0.1) is 0 Å². The molecule has 0 spiro atoms. The molecule has 0 saturated heterocycles. The van der Waals surface area contributed by atoms with Crippen molar-refractivity contribution >= 4 is 5.69 Å². The fourth-order valence-corrected chi connectivity index (χ4v) is 1.75. The highest BCUT2D eigenvalue weighted by atomic mass is 19.1. The lowest BCUT2D eigenvalue weighted by atomic mass is 10.2. The zero-order valence-electron chi connectivity index (χ0n) is 10.4. The van der Waals surface area contributed by atoms with Crippen molar-refractivity contribution in [1.29, 1.82) is 0 Å². The van der Waals surface area contributed by atoms with Gasteiger partial charge in [-0.1, -0.05) is 12.1 Å². The van der Waals surface area contributed by atoms with Crippen LogP contribution in [0.4, 0.5) is 10.1 Å². The molecule has 0 saturated carbocycles. The van der Waals surface area contributed by atoms with Crippen molar-refractivity contribution in [2.45, 2.75) is 0 Å². The van der Waals surface area contributed by atoms with Gasteiger partial charge in [0, 0.05) is 24.0 Å². The molecule has 0 radical (unpaired) electrons. The number of H-pyrrole nitrogens is 1. The molecule has 0 aliphatic rings. The average Bonchev–Trinajstić information content (AvgIpc) is 2.89. The first-order valence-electron chi connectivity index (χ1n) is 5.92. The number of benzene rings is 1. The molecular formula is C14H11FN4O. The molecule has 0 bridgehead atoms. The topological polar surface area (TPSA) is 76.8 Å². The maximum Gasteiger partial charge on any atom is 0.219 e. The maximum atomic E-state index is 13.4. The zero-order chi connectivity index (χ0) is 13.9. The van der Waals surface area contributed by atoms with Gasteiger partial charge in [-0.05, 0) is 18.2 Å². The SMILES string of the molecule is Nc1c[nH]nc1-c1ccc(Oc2ccccc2F)nc1. The second-order valence-corrected chi connectivity index (χ2v) is 4.11. The van der Waals surface area contributed by atoms with E-state index >= 15 is 0 Å². The second-order valence-electron chi connectivity index (χ2n) is 4.11. The summed E-state index contributed by atoms with van der Waals surface area (Å²) in [6, 6.07) is 9.55. The van der Waals surface area contributed by atoms with Gasteiger partial charge in [0.25, 0.3) is 0 Å². The largest absolute Gasteiger partial charge is 0.436 e. The molecule has 2 heterocycles. The maximum absolute atomic E-state index is 13.4. The number of nitrogen functional groups attached to an aromatic ring is 1. The molecule has 0 fully saturated rings. The summed E-state index contributed by atoms with van der Waals surface area (Å²) in [5.41, 5.74) is 7.66. The molecular weight excluding hydrogens is 259 g/mol. The molecule has 0 aliphatic carbocycles. The minimum absolute atomic E-state index is 0.132. The number of aromatic nitrogens is 3. The number of nitrogens with two attached hydrogens (primary N) is 1. The van der Waals surface area contributed by atoms with E-state index in [9.17, 15) is 4.39 Å². The molecule has 0 amide bonds. The highest BCUT2D eigenvalue weighted by molar-refractivity contribution is 5.71. The Bertz CT molecular complexity index is 724. The number of para-hydroxylation sites is 1. The third-order valence-corrected chi connectivity index (χ3v) is 2.73. The Morgan fingerprint density at radius 2 is 2.00 bits per heavy atom. The number of ether oxygens (including phenoxy) is 1. The first-order valence-corrected chi connectivity index (χ1v) is 5.92. The van der Waals surface area contributed by atoms with E-state index in [4.69, 9.17) is 10.5 Å². The Hall–Kier alpha value is -2.89. The van der Waals surface area contributed by atoms with Crippen LogP contribution < -0.4 is 10.5 Å². The van der Waals surface area contributed by atoms with Gasteiger partial charge in [0.15, 0.2) is 11.6 Å². The molecule has 20 heavy (non-hydrogen) atoms. The molecule has 0 atom stereocenters. The fraction of sp³-hybridized carbons (Fsp3) is 0. The van der Waals surface area contributed by atoms with E-state index < -0.39 is 5.82 Å². The van der Waals surface area contributed by atoms with Crippen LogP contribution in [0.2, 0.25) is 0 Å². The quantitative estimate of drug-likeness (QED) is 0.767. The normalized spacial score (nSPS) is 10.4. The number of nitrogens with one attached hydrogen (secondary N) is 1. The van der Waals surface area contributed by atoms with Crippen LogP contribution in [0.1, 0.15) is 0 Å². The number of pyridine rings is 1. The standard InChI is InChI=1S/C14H11FN4O/c15-10-3-1-2-4-12(10)20-13-6-5-9(7-17-13)14-11(16)8-18-19-14/h1-8H,16H2,(H,18,19). The lowest BCUT2D eigenvalue weighted by molar-refractivity contribution is 0.427. The summed E-state index contributed by atoms with van der Waals surface area (Å²) in [5, 5.41) is 6.70. The molecule has 3 aromatic rings. The summed E-state index contributed by atoms with van der Waals surface area (Å²) in [6.45, 7) is 0. The molecule has 0 unspecified atom stereocenters. The Balaban J connectivity index is 1.84. The molecule has 1 aromatic carbocycles. The van der Waals surface area contributed by atoms with Crippen molar-refractivity contribution < 1.29 is 9.13 Å². The second kappa shape index (κ2) is 5.00. The summed E-state index contributed by atoms with van der Waals surface area (Å²) >= 11 is 0. The van der Waals surface area contributed by atoms with Crippen LogP contribution in [-0.4, -0.2) is 15.2 Å². The third kappa shape index (κ3) is 2.31. The molecule has 3 rings (SSSR count). The molecule has 3 N–H and O–H groups in total. The van der Waals surface area contributed by atoms with Crippen LogP contribution in [-0.2, 0) is 0 Å². The minimum Gasteiger partial charge on any atom is -0.436 e. The first kappa shape index (κ1) is 12.2. The van der Waals surface area contributed by atoms with Crippen LogP contribution in [0.25, 0.3) is 11.3 Å². The van der Waals surface area contributed by atoms with Crippen molar-refractivity contribution in [2.24, 2.45) is 0 Å². The number of rotatable bonds is 3. The highest BCUT2D eigenvalue weighted by Crippen LogP contribution is 2.26. The first-order chi connectivity index (χ1) is 9.74. The lowest BCUT2D eigenvalue weighted by Crippen LogP contribution is -1.92. The van der Waals surface area contributed by atoms with Crippen LogP contribution in [0, 0.1) is 5.82 Å². The van der Waals surface area contributed by atoms with Gasteiger partial charge in [-0.2, -0.15) is 5.10 Å². The summed E-state index contributed by atoms with van der Waals surface area (Å²) < 4.78 is 18.8. The van der Waals surface area contributed by atoms with Gasteiger partial charge < -0.3 is 10.5 Å². The number of aromatic amines is 1. The van der Waals surface area contributed by atoms with Crippen molar-refractivity contribution in [2.75, 3.05) is 5.73 Å². The summed E-state index contributed by atoms with van der Waals surface area (Å²) in [4.78, 5) is 4.11. The number of hydrogen-bond donors (Lipinski definition) is 2. The molecule has 100 valence electrons. The summed E-state index contributed by atoms with van der Waals surface area (Å²) in [7, 11) is 0. The van der Waals surface area contributed by atoms with Gasteiger partial charge in [0.05, 0.1) is 5.69 Å². The van der Waals surface area contributed by atoms with Gasteiger partial charge >= 0.3 is 0 Å². The van der Waals surface area contributed by atoms with Gasteiger partial charge in [-0.3, -0.25) is 5.10 Å². The van der Waals surface area contributed by atoms with Gasteiger partial charge in [0.2, 0.25) is 5.88 Å². The average molecular weight is 270 g/mol.